The number of nitrogens with zero attached hydrogens (tertiary/aromatic N) is 1. The van der Waals surface area contributed by atoms with E-state index in [9.17, 15) is 19.3 Å². The minimum absolute atomic E-state index is 0.00796. The molecule has 3 aromatic rings. The first-order valence-corrected chi connectivity index (χ1v) is 9.43. The van der Waals surface area contributed by atoms with Crippen LogP contribution in [-0.2, 0) is 0 Å². The zero-order valence-electron chi connectivity index (χ0n) is 17.0. The van der Waals surface area contributed by atoms with Gasteiger partial charge in [-0.1, -0.05) is 12.1 Å². The van der Waals surface area contributed by atoms with Crippen molar-refractivity contribution in [3.8, 4) is 11.5 Å². The number of ether oxygens (including phenoxy) is 2. The average Bonchev–Trinajstić information content (AvgIpc) is 2.79. The molecule has 3 rings (SSSR count). The number of ketones is 1. The molecule has 0 saturated carbocycles. The van der Waals surface area contributed by atoms with Crippen molar-refractivity contribution < 1.29 is 23.6 Å². The molecule has 0 aliphatic heterocycles. The molecule has 7 nitrogen and oxygen atoms in total. The van der Waals surface area contributed by atoms with Gasteiger partial charge >= 0.3 is 0 Å². The molecule has 1 atom stereocenters. The first-order chi connectivity index (χ1) is 14.9. The Labute approximate surface area is 178 Å². The third kappa shape index (κ3) is 5.36. The number of carbonyl (C=O) groups excluding carboxylic acids is 1. The van der Waals surface area contributed by atoms with E-state index in [1.807, 2.05) is 0 Å². The van der Waals surface area contributed by atoms with Crippen LogP contribution in [0.25, 0.3) is 0 Å². The van der Waals surface area contributed by atoms with E-state index in [1.165, 1.54) is 38.5 Å². The molecule has 0 radical (unpaired) electrons. The van der Waals surface area contributed by atoms with Crippen LogP contribution < -0.4 is 14.8 Å². The monoisotopic (exact) mass is 424 g/mol. The van der Waals surface area contributed by atoms with E-state index in [2.05, 4.69) is 5.32 Å². The summed E-state index contributed by atoms with van der Waals surface area (Å²) in [5, 5.41) is 14.4. The van der Waals surface area contributed by atoms with Gasteiger partial charge in [0.05, 0.1) is 25.2 Å². The molecule has 160 valence electrons. The zero-order valence-corrected chi connectivity index (χ0v) is 17.0. The maximum absolute atomic E-state index is 13.3. The summed E-state index contributed by atoms with van der Waals surface area (Å²) in [6, 6.07) is 16.0. The summed E-state index contributed by atoms with van der Waals surface area (Å²) in [4.78, 5) is 23.7. The molecule has 0 amide bonds. The Balaban J connectivity index is 1.92. The van der Waals surface area contributed by atoms with Gasteiger partial charge in [0.1, 0.15) is 5.82 Å². The Morgan fingerprint density at radius 1 is 1.03 bits per heavy atom. The molecular weight excluding hydrogens is 403 g/mol. The predicted molar refractivity (Wildman–Crippen MR) is 114 cm³/mol. The zero-order chi connectivity index (χ0) is 22.4. The van der Waals surface area contributed by atoms with Crippen LogP contribution in [0.1, 0.15) is 28.4 Å². The van der Waals surface area contributed by atoms with Gasteiger partial charge in [-0.05, 0) is 48.0 Å². The first kappa shape index (κ1) is 21.8. The van der Waals surface area contributed by atoms with Gasteiger partial charge in [-0.25, -0.2) is 4.39 Å². The summed E-state index contributed by atoms with van der Waals surface area (Å²) in [5.74, 6) is 0.330. The maximum Gasteiger partial charge on any atom is 0.269 e. The van der Waals surface area contributed by atoms with E-state index in [1.54, 1.807) is 42.5 Å². The lowest BCUT2D eigenvalue weighted by atomic mass is 9.97. The Kier molecular flexibility index (Phi) is 6.81. The molecule has 8 heteroatoms. The number of carbonyl (C=O) groups is 1. The minimum Gasteiger partial charge on any atom is -0.493 e. The standard InChI is InChI=1S/C23H21FN2O5/c1-30-22-11-6-16(13-23(22)31-2)21(27)14-20(25-18-9-7-17(24)8-10-18)15-4-3-5-19(12-15)26(28)29/h3-13,20,25H,14H2,1-2H3. The van der Waals surface area contributed by atoms with Crippen LogP contribution in [0.4, 0.5) is 15.8 Å². The number of methoxy groups -OCH3 is 2. The number of anilines is 1. The first-order valence-electron chi connectivity index (χ1n) is 9.43. The van der Waals surface area contributed by atoms with Crippen molar-refractivity contribution in [2.24, 2.45) is 0 Å². The Morgan fingerprint density at radius 3 is 2.39 bits per heavy atom. The van der Waals surface area contributed by atoms with Crippen molar-refractivity contribution in [3.05, 3.63) is 93.8 Å². The molecule has 31 heavy (non-hydrogen) atoms. The molecule has 0 heterocycles. The molecule has 0 spiro atoms. The number of Topliss-reactive ketones (excluding diaryl/α,β-unsaturated/α-hetero) is 1. The van der Waals surface area contributed by atoms with Crippen LogP contribution in [-0.4, -0.2) is 24.9 Å². The summed E-state index contributed by atoms with van der Waals surface area (Å²) >= 11 is 0. The number of halogens is 1. The van der Waals surface area contributed by atoms with E-state index in [4.69, 9.17) is 9.47 Å². The lowest BCUT2D eigenvalue weighted by Crippen LogP contribution is -2.16. The number of nitro benzene ring substituents is 1. The molecule has 0 aliphatic carbocycles. The third-order valence-electron chi connectivity index (χ3n) is 4.76. The van der Waals surface area contributed by atoms with Gasteiger partial charge < -0.3 is 14.8 Å². The number of benzene rings is 3. The third-order valence-corrected chi connectivity index (χ3v) is 4.76. The molecule has 0 aromatic heterocycles. The Morgan fingerprint density at radius 2 is 1.74 bits per heavy atom. The summed E-state index contributed by atoms with van der Waals surface area (Å²) in [6.07, 6.45) is 0.00796. The summed E-state index contributed by atoms with van der Waals surface area (Å²) in [7, 11) is 2.98. The highest BCUT2D eigenvalue weighted by atomic mass is 19.1. The normalized spacial score (nSPS) is 11.5. The molecule has 0 bridgehead atoms. The second-order valence-electron chi connectivity index (χ2n) is 6.75. The number of rotatable bonds is 9. The molecule has 0 aliphatic rings. The van der Waals surface area contributed by atoms with Crippen LogP contribution in [0, 0.1) is 15.9 Å². The van der Waals surface area contributed by atoms with Gasteiger partial charge in [0.2, 0.25) is 0 Å². The number of hydrogen-bond donors (Lipinski definition) is 1. The van der Waals surface area contributed by atoms with Crippen molar-refractivity contribution >= 4 is 17.2 Å². The van der Waals surface area contributed by atoms with Crippen molar-refractivity contribution in [2.75, 3.05) is 19.5 Å². The number of nitro groups is 1. The quantitative estimate of drug-likeness (QED) is 0.289. The van der Waals surface area contributed by atoms with E-state index in [0.717, 1.165) is 0 Å². The van der Waals surface area contributed by atoms with Crippen LogP contribution >= 0.6 is 0 Å². The van der Waals surface area contributed by atoms with Gasteiger partial charge in [0, 0.05) is 29.8 Å². The van der Waals surface area contributed by atoms with Gasteiger partial charge in [0.15, 0.2) is 17.3 Å². The van der Waals surface area contributed by atoms with Crippen molar-refractivity contribution in [1.82, 2.24) is 0 Å². The molecule has 0 fully saturated rings. The molecule has 0 saturated heterocycles. The lowest BCUT2D eigenvalue weighted by Gasteiger charge is -2.20. The SMILES string of the molecule is COc1ccc(C(=O)CC(Nc2ccc(F)cc2)c2cccc([N+](=O)[O-])c2)cc1OC. The summed E-state index contributed by atoms with van der Waals surface area (Å²) in [6.45, 7) is 0. The second kappa shape index (κ2) is 9.71. The van der Waals surface area contributed by atoms with E-state index in [0.29, 0.717) is 28.3 Å². The van der Waals surface area contributed by atoms with Crippen LogP contribution in [0.3, 0.4) is 0 Å². The number of hydrogen-bond acceptors (Lipinski definition) is 6. The van der Waals surface area contributed by atoms with Gasteiger partial charge in [0.25, 0.3) is 5.69 Å². The van der Waals surface area contributed by atoms with Crippen molar-refractivity contribution in [1.29, 1.82) is 0 Å². The van der Waals surface area contributed by atoms with E-state index < -0.39 is 11.0 Å². The largest absolute Gasteiger partial charge is 0.493 e. The number of nitrogens with one attached hydrogen (secondary N) is 1. The summed E-state index contributed by atoms with van der Waals surface area (Å²) in [5.41, 5.74) is 1.47. The topological polar surface area (TPSA) is 90.7 Å². The van der Waals surface area contributed by atoms with E-state index >= 15 is 0 Å². The number of non-ortho nitro benzene ring substituents is 1. The highest BCUT2D eigenvalue weighted by molar-refractivity contribution is 5.97. The fourth-order valence-electron chi connectivity index (χ4n) is 3.17. The van der Waals surface area contributed by atoms with Gasteiger partial charge in [-0.3, -0.25) is 14.9 Å². The molecular formula is C23H21FN2O5. The average molecular weight is 424 g/mol. The summed E-state index contributed by atoms with van der Waals surface area (Å²) < 4.78 is 23.7. The highest BCUT2D eigenvalue weighted by Gasteiger charge is 2.21. The fourth-order valence-corrected chi connectivity index (χ4v) is 3.17. The molecule has 1 N–H and O–H groups in total. The van der Waals surface area contributed by atoms with E-state index in [-0.39, 0.29) is 23.7 Å². The van der Waals surface area contributed by atoms with Crippen LogP contribution in [0.2, 0.25) is 0 Å². The Bertz CT molecular complexity index is 1090. The van der Waals surface area contributed by atoms with Crippen LogP contribution in [0.15, 0.2) is 66.7 Å². The molecule has 1 unspecified atom stereocenters. The smallest absolute Gasteiger partial charge is 0.269 e. The van der Waals surface area contributed by atoms with Crippen molar-refractivity contribution in [2.45, 2.75) is 12.5 Å². The predicted octanol–water partition coefficient (Wildman–Crippen LogP) is 5.18. The lowest BCUT2D eigenvalue weighted by molar-refractivity contribution is -0.384. The van der Waals surface area contributed by atoms with Crippen LogP contribution in [0.5, 0.6) is 11.5 Å². The highest BCUT2D eigenvalue weighted by Crippen LogP contribution is 2.31. The second-order valence-corrected chi connectivity index (χ2v) is 6.75. The van der Waals surface area contributed by atoms with Gasteiger partial charge in [-0.2, -0.15) is 0 Å². The minimum atomic E-state index is -0.578. The fraction of sp³-hybridized carbons (Fsp3) is 0.174. The molecule has 3 aromatic carbocycles. The Hall–Kier alpha value is -3.94. The van der Waals surface area contributed by atoms with Gasteiger partial charge in [-0.15, -0.1) is 0 Å². The van der Waals surface area contributed by atoms with Crippen molar-refractivity contribution in [3.63, 3.8) is 0 Å². The maximum atomic E-state index is 13.3.